The molecule has 1 aliphatic heterocycles. The molecule has 0 spiro atoms. The number of carbonyl (C=O) groups is 1. The highest BCUT2D eigenvalue weighted by atomic mass is 16.6. The molecular formula is C10H20N2O3. The number of amides is 1. The molecule has 0 aromatic carbocycles. The van der Waals surface area contributed by atoms with E-state index in [2.05, 4.69) is 10.6 Å². The highest BCUT2D eigenvalue weighted by molar-refractivity contribution is 5.67. The number of rotatable bonds is 2. The molecule has 1 saturated heterocycles. The van der Waals surface area contributed by atoms with Gasteiger partial charge in [-0.1, -0.05) is 0 Å². The Balaban J connectivity index is 2.22. The first kappa shape index (κ1) is 12.3. The van der Waals surface area contributed by atoms with E-state index in [1.807, 2.05) is 20.8 Å². The molecule has 1 rings (SSSR count). The molecule has 5 heteroatoms. The van der Waals surface area contributed by atoms with Crippen molar-refractivity contribution in [2.24, 2.45) is 0 Å². The van der Waals surface area contributed by atoms with E-state index in [0.29, 0.717) is 6.54 Å². The SMILES string of the molecule is CC(C)(C)OC(=O)NC[C@@H]1NCC[C@H]1O. The van der Waals surface area contributed by atoms with Crippen molar-refractivity contribution in [1.82, 2.24) is 10.6 Å². The molecule has 0 radical (unpaired) electrons. The molecule has 0 saturated carbocycles. The zero-order valence-corrected chi connectivity index (χ0v) is 9.54. The standard InChI is InChI=1S/C10H20N2O3/c1-10(2,3)15-9(14)12-6-7-8(13)4-5-11-7/h7-8,11,13H,4-6H2,1-3H3,(H,12,14)/t7-,8+/m0/s1. The van der Waals surface area contributed by atoms with Crippen LogP contribution in [0.15, 0.2) is 0 Å². The second-order valence-electron chi connectivity index (χ2n) is 4.80. The Morgan fingerprint density at radius 3 is 2.73 bits per heavy atom. The highest BCUT2D eigenvalue weighted by Gasteiger charge is 2.25. The summed E-state index contributed by atoms with van der Waals surface area (Å²) in [5.74, 6) is 0. The Labute approximate surface area is 90.2 Å². The minimum Gasteiger partial charge on any atom is -0.444 e. The fourth-order valence-corrected chi connectivity index (χ4v) is 1.47. The second-order valence-corrected chi connectivity index (χ2v) is 4.80. The number of hydrogen-bond acceptors (Lipinski definition) is 4. The summed E-state index contributed by atoms with van der Waals surface area (Å²) in [6.07, 6.45) is -0.0796. The summed E-state index contributed by atoms with van der Waals surface area (Å²) in [6, 6.07) is -0.0579. The maximum Gasteiger partial charge on any atom is 0.407 e. The molecule has 88 valence electrons. The smallest absolute Gasteiger partial charge is 0.407 e. The van der Waals surface area contributed by atoms with Gasteiger partial charge in [-0.3, -0.25) is 0 Å². The first-order chi connectivity index (χ1) is 6.88. The summed E-state index contributed by atoms with van der Waals surface area (Å²) >= 11 is 0. The van der Waals surface area contributed by atoms with Gasteiger partial charge in [0.2, 0.25) is 0 Å². The Bertz CT molecular complexity index is 225. The number of nitrogens with one attached hydrogen (secondary N) is 2. The van der Waals surface area contributed by atoms with Gasteiger partial charge < -0.3 is 20.5 Å². The predicted molar refractivity (Wildman–Crippen MR) is 56.7 cm³/mol. The summed E-state index contributed by atoms with van der Waals surface area (Å²) in [5, 5.41) is 15.2. The first-order valence-corrected chi connectivity index (χ1v) is 5.27. The van der Waals surface area contributed by atoms with Crippen molar-refractivity contribution in [2.45, 2.75) is 44.9 Å². The minimum absolute atomic E-state index is 0.0579. The van der Waals surface area contributed by atoms with E-state index >= 15 is 0 Å². The van der Waals surface area contributed by atoms with Gasteiger partial charge in [-0.05, 0) is 33.7 Å². The lowest BCUT2D eigenvalue weighted by Crippen LogP contribution is -2.43. The van der Waals surface area contributed by atoms with Crippen molar-refractivity contribution in [3.05, 3.63) is 0 Å². The molecule has 2 atom stereocenters. The molecule has 0 aromatic heterocycles. The van der Waals surface area contributed by atoms with Crippen LogP contribution in [0.3, 0.4) is 0 Å². The number of hydrogen-bond donors (Lipinski definition) is 3. The summed E-state index contributed by atoms with van der Waals surface area (Å²) in [6.45, 7) is 6.64. The zero-order chi connectivity index (χ0) is 11.5. The van der Waals surface area contributed by atoms with Crippen LogP contribution >= 0.6 is 0 Å². The predicted octanol–water partition coefficient (Wildman–Crippen LogP) is 0.234. The summed E-state index contributed by atoms with van der Waals surface area (Å²) in [5.41, 5.74) is -0.480. The fourth-order valence-electron chi connectivity index (χ4n) is 1.47. The van der Waals surface area contributed by atoms with Crippen molar-refractivity contribution in [2.75, 3.05) is 13.1 Å². The molecule has 0 bridgehead atoms. The van der Waals surface area contributed by atoms with Gasteiger partial charge >= 0.3 is 6.09 Å². The van der Waals surface area contributed by atoms with Crippen LogP contribution in [0.25, 0.3) is 0 Å². The Kier molecular flexibility index (Phi) is 3.93. The van der Waals surface area contributed by atoms with Crippen LogP contribution in [-0.2, 0) is 4.74 Å². The van der Waals surface area contributed by atoms with Crippen LogP contribution in [0.5, 0.6) is 0 Å². The van der Waals surface area contributed by atoms with Crippen LogP contribution < -0.4 is 10.6 Å². The zero-order valence-electron chi connectivity index (χ0n) is 9.54. The van der Waals surface area contributed by atoms with E-state index in [0.717, 1.165) is 13.0 Å². The molecule has 1 aliphatic rings. The Hall–Kier alpha value is -0.810. The van der Waals surface area contributed by atoms with Gasteiger partial charge in [-0.2, -0.15) is 0 Å². The maximum absolute atomic E-state index is 11.3. The third-order valence-corrected chi connectivity index (χ3v) is 2.18. The van der Waals surface area contributed by atoms with E-state index in [9.17, 15) is 9.90 Å². The molecular weight excluding hydrogens is 196 g/mol. The van der Waals surface area contributed by atoms with Gasteiger partial charge in [0, 0.05) is 6.54 Å². The van der Waals surface area contributed by atoms with Gasteiger partial charge in [0.25, 0.3) is 0 Å². The lowest BCUT2D eigenvalue weighted by Gasteiger charge is -2.21. The average Bonchev–Trinajstić information content (AvgIpc) is 2.44. The van der Waals surface area contributed by atoms with Crippen molar-refractivity contribution >= 4 is 6.09 Å². The maximum atomic E-state index is 11.3. The molecule has 0 aromatic rings. The topological polar surface area (TPSA) is 70.6 Å². The summed E-state index contributed by atoms with van der Waals surface area (Å²) in [7, 11) is 0. The number of alkyl carbamates (subject to hydrolysis) is 1. The highest BCUT2D eigenvalue weighted by Crippen LogP contribution is 2.08. The van der Waals surface area contributed by atoms with Crippen molar-refractivity contribution in [3.8, 4) is 0 Å². The third-order valence-electron chi connectivity index (χ3n) is 2.18. The molecule has 15 heavy (non-hydrogen) atoms. The van der Waals surface area contributed by atoms with Crippen LogP contribution in [-0.4, -0.2) is 42.0 Å². The van der Waals surface area contributed by atoms with Gasteiger partial charge in [-0.25, -0.2) is 4.79 Å². The Morgan fingerprint density at radius 1 is 1.60 bits per heavy atom. The molecule has 3 N–H and O–H groups in total. The van der Waals surface area contributed by atoms with Gasteiger partial charge in [-0.15, -0.1) is 0 Å². The number of aliphatic hydroxyl groups is 1. The molecule has 0 aliphatic carbocycles. The van der Waals surface area contributed by atoms with E-state index < -0.39 is 11.7 Å². The molecule has 0 unspecified atom stereocenters. The van der Waals surface area contributed by atoms with Gasteiger partial charge in [0.1, 0.15) is 5.60 Å². The molecule has 1 fully saturated rings. The largest absolute Gasteiger partial charge is 0.444 e. The quantitative estimate of drug-likeness (QED) is 0.618. The molecule has 1 amide bonds. The van der Waals surface area contributed by atoms with Gasteiger partial charge in [0.05, 0.1) is 12.1 Å². The minimum atomic E-state index is -0.480. The molecule has 5 nitrogen and oxygen atoms in total. The fraction of sp³-hybridized carbons (Fsp3) is 0.900. The first-order valence-electron chi connectivity index (χ1n) is 5.27. The monoisotopic (exact) mass is 216 g/mol. The van der Waals surface area contributed by atoms with Crippen LogP contribution in [0.1, 0.15) is 27.2 Å². The van der Waals surface area contributed by atoms with E-state index in [1.54, 1.807) is 0 Å². The van der Waals surface area contributed by atoms with E-state index in [-0.39, 0.29) is 12.1 Å². The van der Waals surface area contributed by atoms with E-state index in [4.69, 9.17) is 4.74 Å². The van der Waals surface area contributed by atoms with Crippen molar-refractivity contribution in [3.63, 3.8) is 0 Å². The van der Waals surface area contributed by atoms with Gasteiger partial charge in [0.15, 0.2) is 0 Å². The lowest BCUT2D eigenvalue weighted by molar-refractivity contribution is 0.0513. The van der Waals surface area contributed by atoms with Crippen LogP contribution in [0, 0.1) is 0 Å². The second kappa shape index (κ2) is 4.81. The average molecular weight is 216 g/mol. The summed E-state index contributed by atoms with van der Waals surface area (Å²) in [4.78, 5) is 11.3. The lowest BCUT2D eigenvalue weighted by atomic mass is 10.2. The van der Waals surface area contributed by atoms with Crippen LogP contribution in [0.2, 0.25) is 0 Å². The van der Waals surface area contributed by atoms with Crippen LogP contribution in [0.4, 0.5) is 4.79 Å². The number of ether oxygens (including phenoxy) is 1. The number of aliphatic hydroxyl groups excluding tert-OH is 1. The Morgan fingerprint density at radius 2 is 2.27 bits per heavy atom. The van der Waals surface area contributed by atoms with Crippen molar-refractivity contribution in [1.29, 1.82) is 0 Å². The van der Waals surface area contributed by atoms with Crippen molar-refractivity contribution < 1.29 is 14.6 Å². The van der Waals surface area contributed by atoms with E-state index in [1.165, 1.54) is 0 Å². The summed E-state index contributed by atoms with van der Waals surface area (Å²) < 4.78 is 5.07. The molecule has 1 heterocycles. The number of carbonyl (C=O) groups excluding carboxylic acids is 1. The normalized spacial score (nSPS) is 26.4. The third kappa shape index (κ3) is 4.48.